The number of hydrogen-bond acceptors (Lipinski definition) is 3. The van der Waals surface area contributed by atoms with Crippen LogP contribution in [0.4, 0.5) is 0 Å². The monoisotopic (exact) mass is 235 g/mol. The van der Waals surface area contributed by atoms with Gasteiger partial charge in [0.25, 0.3) is 5.91 Å². The van der Waals surface area contributed by atoms with Crippen molar-refractivity contribution in [2.45, 2.75) is 25.2 Å². The van der Waals surface area contributed by atoms with Crippen LogP contribution in [0.25, 0.3) is 0 Å². The Morgan fingerprint density at radius 1 is 1.31 bits per heavy atom. The van der Waals surface area contributed by atoms with Gasteiger partial charge in [-0.2, -0.15) is 0 Å². The van der Waals surface area contributed by atoms with Crippen LogP contribution < -0.4 is 0 Å². The average Bonchev–Trinajstić information content (AvgIpc) is 2.29. The minimum absolute atomic E-state index is 0.0256. The molecule has 1 amide bonds. The van der Waals surface area contributed by atoms with Crippen molar-refractivity contribution in [2.75, 3.05) is 13.1 Å². The molecule has 0 N–H and O–H groups in total. The van der Waals surface area contributed by atoms with Gasteiger partial charge in [0.2, 0.25) is 0 Å². The van der Waals surface area contributed by atoms with Crippen molar-refractivity contribution in [1.29, 1.82) is 0 Å². The number of hydrogen-bond donors (Lipinski definition) is 0. The zero-order valence-electron chi connectivity index (χ0n) is 9.81. The molecular formula is C11H17N3OSi. The second-order valence-electron chi connectivity index (χ2n) is 5.05. The molecule has 1 aliphatic rings. The summed E-state index contributed by atoms with van der Waals surface area (Å²) in [5.41, 5.74) is 0.462. The zero-order valence-corrected chi connectivity index (χ0v) is 10.8. The van der Waals surface area contributed by atoms with Gasteiger partial charge in [-0.25, -0.2) is 4.98 Å². The van der Waals surface area contributed by atoms with E-state index in [2.05, 4.69) is 23.1 Å². The second kappa shape index (κ2) is 4.33. The van der Waals surface area contributed by atoms with E-state index in [1.54, 1.807) is 18.6 Å². The van der Waals surface area contributed by atoms with Crippen molar-refractivity contribution in [3.63, 3.8) is 0 Å². The molecule has 0 bridgehead atoms. The van der Waals surface area contributed by atoms with Crippen LogP contribution in [-0.2, 0) is 0 Å². The summed E-state index contributed by atoms with van der Waals surface area (Å²) in [7, 11) is -1.01. The lowest BCUT2D eigenvalue weighted by Crippen LogP contribution is -2.45. The molecule has 1 aliphatic heterocycles. The van der Waals surface area contributed by atoms with E-state index in [9.17, 15) is 4.79 Å². The number of rotatable bonds is 1. The van der Waals surface area contributed by atoms with Crippen LogP contribution in [0, 0.1) is 0 Å². The maximum atomic E-state index is 12.0. The van der Waals surface area contributed by atoms with E-state index in [4.69, 9.17) is 0 Å². The first kappa shape index (κ1) is 11.3. The Hall–Kier alpha value is -1.23. The summed E-state index contributed by atoms with van der Waals surface area (Å²) in [5, 5.41) is 0. The second-order valence-corrected chi connectivity index (χ2v) is 10.4. The summed E-state index contributed by atoms with van der Waals surface area (Å²) in [6.45, 7) is 6.54. The van der Waals surface area contributed by atoms with Gasteiger partial charge in [-0.15, -0.1) is 0 Å². The molecule has 4 nitrogen and oxygen atoms in total. The van der Waals surface area contributed by atoms with Gasteiger partial charge in [-0.1, -0.05) is 13.1 Å². The standard InChI is InChI=1S/C11H17N3OSi/c1-16(2)7-5-14(6-8-16)11(15)10-9-12-3-4-13-10/h3-4,9H,5-8H2,1-2H3. The van der Waals surface area contributed by atoms with Gasteiger partial charge in [0.05, 0.1) is 14.3 Å². The Balaban J connectivity index is 2.03. The van der Waals surface area contributed by atoms with Crippen molar-refractivity contribution in [2.24, 2.45) is 0 Å². The molecule has 1 aromatic rings. The average molecular weight is 235 g/mol. The lowest BCUT2D eigenvalue weighted by Gasteiger charge is -2.35. The molecule has 0 aliphatic carbocycles. The number of carbonyl (C=O) groups excluding carboxylic acids is 1. The first-order valence-corrected chi connectivity index (χ1v) is 9.05. The lowest BCUT2D eigenvalue weighted by molar-refractivity contribution is 0.0759. The van der Waals surface area contributed by atoms with Crippen molar-refractivity contribution < 1.29 is 4.79 Å². The highest BCUT2D eigenvalue weighted by molar-refractivity contribution is 6.77. The van der Waals surface area contributed by atoms with Crippen LogP contribution in [-0.4, -0.2) is 41.9 Å². The van der Waals surface area contributed by atoms with Gasteiger partial charge in [0, 0.05) is 25.5 Å². The Kier molecular flexibility index (Phi) is 3.05. The van der Waals surface area contributed by atoms with E-state index in [0.29, 0.717) is 5.69 Å². The normalized spacial score (nSPS) is 19.5. The summed E-state index contributed by atoms with van der Waals surface area (Å²) >= 11 is 0. The third-order valence-electron chi connectivity index (χ3n) is 3.19. The summed E-state index contributed by atoms with van der Waals surface area (Å²) < 4.78 is 0. The van der Waals surface area contributed by atoms with Crippen LogP contribution in [0.1, 0.15) is 10.5 Å². The van der Waals surface area contributed by atoms with E-state index in [1.165, 1.54) is 12.1 Å². The summed E-state index contributed by atoms with van der Waals surface area (Å²) in [6, 6.07) is 2.39. The highest BCUT2D eigenvalue weighted by Crippen LogP contribution is 2.22. The molecule has 0 spiro atoms. The van der Waals surface area contributed by atoms with Gasteiger partial charge in [0.1, 0.15) is 5.69 Å². The highest BCUT2D eigenvalue weighted by Gasteiger charge is 2.30. The van der Waals surface area contributed by atoms with Crippen molar-refractivity contribution in [3.05, 3.63) is 24.3 Å². The zero-order chi connectivity index (χ0) is 11.6. The molecule has 86 valence electrons. The molecule has 2 rings (SSSR count). The van der Waals surface area contributed by atoms with E-state index < -0.39 is 8.07 Å². The maximum Gasteiger partial charge on any atom is 0.274 e. The SMILES string of the molecule is C[Si]1(C)CCN(C(=O)c2cnccn2)CC1. The largest absolute Gasteiger partial charge is 0.338 e. The Bertz CT molecular complexity index is 370. The predicted molar refractivity (Wildman–Crippen MR) is 65.0 cm³/mol. The van der Waals surface area contributed by atoms with Crippen molar-refractivity contribution in [3.8, 4) is 0 Å². The van der Waals surface area contributed by atoms with Crippen LogP contribution in [0.2, 0.25) is 25.2 Å². The van der Waals surface area contributed by atoms with Crippen LogP contribution in [0.5, 0.6) is 0 Å². The smallest absolute Gasteiger partial charge is 0.274 e. The lowest BCUT2D eigenvalue weighted by atomic mass is 10.3. The van der Waals surface area contributed by atoms with Gasteiger partial charge in [0.15, 0.2) is 0 Å². The fourth-order valence-electron chi connectivity index (χ4n) is 1.89. The molecule has 1 aromatic heterocycles. The van der Waals surface area contributed by atoms with Gasteiger partial charge in [-0.3, -0.25) is 9.78 Å². The van der Waals surface area contributed by atoms with Gasteiger partial charge >= 0.3 is 0 Å². The molecule has 5 heteroatoms. The fraction of sp³-hybridized carbons (Fsp3) is 0.545. The van der Waals surface area contributed by atoms with Crippen LogP contribution in [0.3, 0.4) is 0 Å². The Morgan fingerprint density at radius 2 is 2.00 bits per heavy atom. The summed E-state index contributed by atoms with van der Waals surface area (Å²) in [5.74, 6) is 0.0256. The first-order valence-electron chi connectivity index (χ1n) is 5.64. The van der Waals surface area contributed by atoms with E-state index in [-0.39, 0.29) is 5.91 Å². The Morgan fingerprint density at radius 3 is 2.56 bits per heavy atom. The highest BCUT2D eigenvalue weighted by atomic mass is 28.3. The number of nitrogens with zero attached hydrogens (tertiary/aromatic N) is 3. The first-order chi connectivity index (χ1) is 7.58. The molecule has 0 radical (unpaired) electrons. The fourth-order valence-corrected chi connectivity index (χ4v) is 3.89. The third-order valence-corrected chi connectivity index (χ3v) is 6.34. The minimum Gasteiger partial charge on any atom is -0.338 e. The Labute approximate surface area is 96.7 Å². The van der Waals surface area contributed by atoms with Gasteiger partial charge < -0.3 is 4.90 Å². The van der Waals surface area contributed by atoms with E-state index >= 15 is 0 Å². The minimum atomic E-state index is -1.01. The van der Waals surface area contributed by atoms with Crippen LogP contribution >= 0.6 is 0 Å². The van der Waals surface area contributed by atoms with Crippen LogP contribution in [0.15, 0.2) is 18.6 Å². The van der Waals surface area contributed by atoms with Crippen molar-refractivity contribution in [1.82, 2.24) is 14.9 Å². The summed E-state index contributed by atoms with van der Waals surface area (Å²) in [4.78, 5) is 21.9. The number of aromatic nitrogens is 2. The summed E-state index contributed by atoms with van der Waals surface area (Å²) in [6.07, 6.45) is 4.69. The maximum absolute atomic E-state index is 12.0. The predicted octanol–water partition coefficient (Wildman–Crippen LogP) is 1.64. The molecule has 0 saturated carbocycles. The van der Waals surface area contributed by atoms with E-state index in [1.807, 2.05) is 4.90 Å². The molecule has 0 unspecified atom stereocenters. The molecule has 16 heavy (non-hydrogen) atoms. The molecule has 0 aromatic carbocycles. The van der Waals surface area contributed by atoms with E-state index in [0.717, 1.165) is 13.1 Å². The van der Waals surface area contributed by atoms with Crippen molar-refractivity contribution >= 4 is 14.0 Å². The molecular weight excluding hydrogens is 218 g/mol. The number of amides is 1. The number of carbonyl (C=O) groups is 1. The molecule has 1 saturated heterocycles. The third kappa shape index (κ3) is 2.47. The molecule has 0 atom stereocenters. The topological polar surface area (TPSA) is 46.1 Å². The van der Waals surface area contributed by atoms with Gasteiger partial charge in [-0.05, 0) is 12.1 Å². The quantitative estimate of drug-likeness (QED) is 0.695. The molecule has 2 heterocycles. The molecule has 1 fully saturated rings.